The number of carbonyl (C=O) groups excluding carboxylic acids is 1. The van der Waals surface area contributed by atoms with Gasteiger partial charge in [-0.05, 0) is 30.7 Å². The van der Waals surface area contributed by atoms with Crippen LogP contribution in [0.2, 0.25) is 5.02 Å². The summed E-state index contributed by atoms with van der Waals surface area (Å²) in [5.74, 6) is 0.107. The van der Waals surface area contributed by atoms with Crippen molar-refractivity contribution in [2.75, 3.05) is 36.5 Å². The summed E-state index contributed by atoms with van der Waals surface area (Å²) in [6.07, 6.45) is 0. The van der Waals surface area contributed by atoms with Gasteiger partial charge in [0.2, 0.25) is 5.91 Å². The van der Waals surface area contributed by atoms with Gasteiger partial charge < -0.3 is 5.32 Å². The first-order valence-electron chi connectivity index (χ1n) is 6.34. The van der Waals surface area contributed by atoms with Crippen LogP contribution in [0.1, 0.15) is 5.56 Å². The van der Waals surface area contributed by atoms with Gasteiger partial charge in [0.05, 0.1) is 18.1 Å². The maximum atomic E-state index is 11.9. The Kier molecular flexibility index (Phi) is 4.67. The zero-order valence-corrected chi connectivity index (χ0v) is 12.8. The molecule has 0 saturated carbocycles. The number of hydrogen-bond donors (Lipinski definition) is 1. The van der Waals surface area contributed by atoms with Crippen molar-refractivity contribution >= 4 is 33.0 Å². The van der Waals surface area contributed by atoms with E-state index in [9.17, 15) is 13.2 Å². The Balaban J connectivity index is 1.90. The fraction of sp³-hybridized carbons (Fsp3) is 0.462. The third-order valence-corrected chi connectivity index (χ3v) is 5.11. The number of sulfone groups is 1. The Morgan fingerprint density at radius 2 is 2.00 bits per heavy atom. The molecule has 0 aliphatic carbocycles. The number of benzene rings is 1. The molecule has 1 heterocycles. The number of nitrogens with one attached hydrogen (secondary N) is 1. The van der Waals surface area contributed by atoms with Crippen LogP contribution in [0, 0.1) is 6.92 Å². The zero-order chi connectivity index (χ0) is 14.8. The number of nitrogens with zero attached hydrogens (tertiary/aromatic N) is 1. The highest BCUT2D eigenvalue weighted by Crippen LogP contribution is 2.19. The van der Waals surface area contributed by atoms with Crippen molar-refractivity contribution < 1.29 is 13.2 Å². The average Bonchev–Trinajstić information content (AvgIpc) is 2.35. The molecule has 7 heteroatoms. The molecule has 0 unspecified atom stereocenters. The van der Waals surface area contributed by atoms with Gasteiger partial charge in [0.25, 0.3) is 0 Å². The lowest BCUT2D eigenvalue weighted by atomic mass is 10.2. The van der Waals surface area contributed by atoms with E-state index in [1.54, 1.807) is 18.2 Å². The van der Waals surface area contributed by atoms with Crippen LogP contribution in [0.4, 0.5) is 5.69 Å². The lowest BCUT2D eigenvalue weighted by Crippen LogP contribution is -2.43. The summed E-state index contributed by atoms with van der Waals surface area (Å²) in [7, 11) is -2.91. The lowest BCUT2D eigenvalue weighted by Gasteiger charge is -2.25. The molecule has 0 radical (unpaired) electrons. The van der Waals surface area contributed by atoms with Crippen LogP contribution < -0.4 is 5.32 Å². The molecule has 0 atom stereocenters. The van der Waals surface area contributed by atoms with E-state index in [0.717, 1.165) is 11.3 Å². The predicted molar refractivity (Wildman–Crippen MR) is 79.9 cm³/mol. The minimum atomic E-state index is -2.91. The number of aryl methyl sites for hydroxylation is 1. The summed E-state index contributed by atoms with van der Waals surface area (Å²) in [6, 6.07) is 5.26. The first-order valence-corrected chi connectivity index (χ1v) is 8.54. The number of carbonyl (C=O) groups is 1. The molecule has 1 aromatic rings. The third-order valence-electron chi connectivity index (χ3n) is 3.27. The van der Waals surface area contributed by atoms with E-state index in [4.69, 9.17) is 11.6 Å². The lowest BCUT2D eigenvalue weighted by molar-refractivity contribution is -0.117. The van der Waals surface area contributed by atoms with Crippen LogP contribution >= 0.6 is 11.6 Å². The number of amides is 1. The van der Waals surface area contributed by atoms with Crippen LogP contribution in [-0.2, 0) is 14.6 Å². The van der Waals surface area contributed by atoms with Gasteiger partial charge in [-0.1, -0.05) is 11.6 Å². The Labute approximate surface area is 123 Å². The minimum absolute atomic E-state index is 0.125. The molecule has 2 rings (SSSR count). The van der Waals surface area contributed by atoms with Crippen molar-refractivity contribution in [1.82, 2.24) is 4.90 Å². The number of hydrogen-bond acceptors (Lipinski definition) is 4. The first kappa shape index (κ1) is 15.3. The molecule has 1 saturated heterocycles. The van der Waals surface area contributed by atoms with Crippen LogP contribution in [-0.4, -0.2) is 50.4 Å². The monoisotopic (exact) mass is 316 g/mol. The minimum Gasteiger partial charge on any atom is -0.325 e. The predicted octanol–water partition coefficient (Wildman–Crippen LogP) is 1.32. The fourth-order valence-corrected chi connectivity index (χ4v) is 3.57. The second-order valence-corrected chi connectivity index (χ2v) is 7.68. The van der Waals surface area contributed by atoms with E-state index in [-0.39, 0.29) is 24.0 Å². The summed E-state index contributed by atoms with van der Waals surface area (Å²) < 4.78 is 22.6. The van der Waals surface area contributed by atoms with Gasteiger partial charge >= 0.3 is 0 Å². The highest BCUT2D eigenvalue weighted by Gasteiger charge is 2.23. The van der Waals surface area contributed by atoms with Gasteiger partial charge in [-0.25, -0.2) is 8.42 Å². The molecule has 1 fully saturated rings. The average molecular weight is 317 g/mol. The quantitative estimate of drug-likeness (QED) is 0.913. The summed E-state index contributed by atoms with van der Waals surface area (Å²) in [4.78, 5) is 13.8. The molecule has 1 aliphatic heterocycles. The van der Waals surface area contributed by atoms with Gasteiger partial charge in [-0.3, -0.25) is 9.69 Å². The second-order valence-electron chi connectivity index (χ2n) is 4.94. The Bertz CT molecular complexity index is 602. The maximum Gasteiger partial charge on any atom is 0.238 e. The van der Waals surface area contributed by atoms with E-state index in [1.165, 1.54) is 0 Å². The van der Waals surface area contributed by atoms with Crippen LogP contribution in [0.3, 0.4) is 0 Å². The number of anilines is 1. The zero-order valence-electron chi connectivity index (χ0n) is 11.2. The number of rotatable bonds is 3. The SMILES string of the molecule is Cc1cc(Cl)ccc1NC(=O)CN1CCS(=O)(=O)CC1. The van der Waals surface area contributed by atoms with Crippen molar-refractivity contribution in [3.63, 3.8) is 0 Å². The summed E-state index contributed by atoms with van der Waals surface area (Å²) in [5.41, 5.74) is 1.62. The van der Waals surface area contributed by atoms with Gasteiger partial charge in [-0.15, -0.1) is 0 Å². The van der Waals surface area contributed by atoms with Crippen LogP contribution in [0.25, 0.3) is 0 Å². The molecular formula is C13H17ClN2O3S. The maximum absolute atomic E-state index is 11.9. The van der Waals surface area contributed by atoms with Crippen molar-refractivity contribution in [3.8, 4) is 0 Å². The molecule has 1 N–H and O–H groups in total. The summed E-state index contributed by atoms with van der Waals surface area (Å²) in [6.45, 7) is 2.90. The first-order chi connectivity index (χ1) is 9.35. The van der Waals surface area contributed by atoms with Gasteiger partial charge in [0, 0.05) is 23.8 Å². The van der Waals surface area contributed by atoms with Crippen LogP contribution in [0.5, 0.6) is 0 Å². The molecule has 110 valence electrons. The van der Waals surface area contributed by atoms with Crippen molar-refractivity contribution in [2.24, 2.45) is 0 Å². The third kappa shape index (κ3) is 4.19. The standard InChI is InChI=1S/C13H17ClN2O3S/c1-10-8-11(14)2-3-12(10)15-13(17)9-16-4-6-20(18,19)7-5-16/h2-3,8H,4-7,9H2,1H3,(H,15,17). The van der Waals surface area contributed by atoms with E-state index >= 15 is 0 Å². The Morgan fingerprint density at radius 1 is 1.35 bits per heavy atom. The molecule has 1 amide bonds. The molecule has 1 aliphatic rings. The topological polar surface area (TPSA) is 66.5 Å². The van der Waals surface area contributed by atoms with Crippen molar-refractivity contribution in [3.05, 3.63) is 28.8 Å². The largest absolute Gasteiger partial charge is 0.325 e. The molecule has 0 aromatic heterocycles. The molecule has 0 spiro atoms. The van der Waals surface area contributed by atoms with Crippen molar-refractivity contribution in [1.29, 1.82) is 0 Å². The van der Waals surface area contributed by atoms with E-state index in [1.807, 2.05) is 11.8 Å². The number of halogens is 1. The molecule has 5 nitrogen and oxygen atoms in total. The fourth-order valence-electron chi connectivity index (χ4n) is 2.07. The molecule has 1 aromatic carbocycles. The molecule has 20 heavy (non-hydrogen) atoms. The summed E-state index contributed by atoms with van der Waals surface area (Å²) >= 11 is 5.86. The van der Waals surface area contributed by atoms with Gasteiger partial charge in [0.15, 0.2) is 9.84 Å². The normalized spacial score (nSPS) is 18.7. The van der Waals surface area contributed by atoms with Crippen molar-refractivity contribution in [2.45, 2.75) is 6.92 Å². The Morgan fingerprint density at radius 3 is 2.60 bits per heavy atom. The summed E-state index contributed by atoms with van der Waals surface area (Å²) in [5, 5.41) is 3.44. The Hall–Kier alpha value is -1.11. The van der Waals surface area contributed by atoms with Gasteiger partial charge in [0.1, 0.15) is 0 Å². The molecule has 0 bridgehead atoms. The highest BCUT2D eigenvalue weighted by molar-refractivity contribution is 7.91. The van der Waals surface area contributed by atoms with E-state index < -0.39 is 9.84 Å². The highest BCUT2D eigenvalue weighted by atomic mass is 35.5. The second kappa shape index (κ2) is 6.11. The molecular weight excluding hydrogens is 300 g/mol. The van der Waals surface area contributed by atoms with E-state index in [2.05, 4.69) is 5.32 Å². The van der Waals surface area contributed by atoms with E-state index in [0.29, 0.717) is 18.1 Å². The smallest absolute Gasteiger partial charge is 0.238 e. The van der Waals surface area contributed by atoms with Crippen LogP contribution in [0.15, 0.2) is 18.2 Å². The van der Waals surface area contributed by atoms with Gasteiger partial charge in [-0.2, -0.15) is 0 Å².